The van der Waals surface area contributed by atoms with Gasteiger partial charge < -0.3 is 4.74 Å². The number of pyridine rings is 2. The van der Waals surface area contributed by atoms with Crippen LogP contribution in [0, 0.1) is 6.92 Å². The number of rotatable bonds is 3. The summed E-state index contributed by atoms with van der Waals surface area (Å²) in [5.41, 5.74) is 4.73. The molecule has 0 unspecified atom stereocenters. The number of aromatic nitrogens is 1. The summed E-state index contributed by atoms with van der Waals surface area (Å²) in [4.78, 5) is 12.2. The van der Waals surface area contributed by atoms with Crippen LogP contribution in [-0.4, -0.2) is 12.6 Å². The molecule has 3 nitrogen and oxygen atoms in total. The van der Waals surface area contributed by atoms with E-state index in [1.54, 1.807) is 0 Å². The van der Waals surface area contributed by atoms with Gasteiger partial charge in [0, 0.05) is 23.3 Å². The maximum Gasteiger partial charge on any atom is 0.344 e. The monoisotopic (exact) mass is 292 g/mol. The first-order chi connectivity index (χ1) is 10.7. The van der Waals surface area contributed by atoms with Gasteiger partial charge in [-0.05, 0) is 38.1 Å². The highest BCUT2D eigenvalue weighted by Crippen LogP contribution is 2.19. The molecule has 22 heavy (non-hydrogen) atoms. The van der Waals surface area contributed by atoms with Crippen molar-refractivity contribution in [3.05, 3.63) is 71.9 Å². The molecule has 0 amide bonds. The molecular weight excluding hydrogens is 274 g/mol. The zero-order valence-electron chi connectivity index (χ0n) is 12.7. The third-order valence-electron chi connectivity index (χ3n) is 3.60. The minimum atomic E-state index is -0.288. The maximum absolute atomic E-state index is 12.2. The number of hydrogen-bond acceptors (Lipinski definition) is 2. The van der Waals surface area contributed by atoms with Crippen molar-refractivity contribution in [2.45, 2.75) is 13.8 Å². The number of ether oxygens (including phenoxy) is 1. The Morgan fingerprint density at radius 2 is 1.82 bits per heavy atom. The number of hydrogen-bond donors (Lipinski definition) is 0. The molecule has 1 aromatic carbocycles. The second kappa shape index (κ2) is 5.98. The minimum Gasteiger partial charge on any atom is -0.462 e. The Morgan fingerprint density at radius 1 is 1.05 bits per heavy atom. The maximum atomic E-state index is 12.2. The van der Waals surface area contributed by atoms with Crippen molar-refractivity contribution >= 4 is 11.5 Å². The van der Waals surface area contributed by atoms with Crippen molar-refractivity contribution in [3.63, 3.8) is 0 Å². The van der Waals surface area contributed by atoms with Crippen molar-refractivity contribution in [2.75, 3.05) is 6.61 Å². The largest absolute Gasteiger partial charge is 0.462 e. The summed E-state index contributed by atoms with van der Waals surface area (Å²) in [6.45, 7) is 4.23. The Labute approximate surface area is 129 Å². The average molecular weight is 292 g/mol. The Bertz CT molecular complexity index is 825. The van der Waals surface area contributed by atoms with Crippen LogP contribution in [0.5, 0.6) is 0 Å². The molecule has 0 saturated heterocycles. The first kappa shape index (κ1) is 14.3. The Morgan fingerprint density at radius 3 is 2.55 bits per heavy atom. The second-order valence-corrected chi connectivity index (χ2v) is 5.18. The molecule has 3 rings (SSSR count). The van der Waals surface area contributed by atoms with Crippen LogP contribution in [0.2, 0.25) is 0 Å². The number of aryl methyl sites for hydroxylation is 1. The lowest BCUT2D eigenvalue weighted by Crippen LogP contribution is -2.28. The quantitative estimate of drug-likeness (QED) is 0.545. The molecule has 0 N–H and O–H groups in total. The fourth-order valence-corrected chi connectivity index (χ4v) is 2.58. The van der Waals surface area contributed by atoms with Gasteiger partial charge in [0.15, 0.2) is 6.20 Å². The molecule has 0 saturated carbocycles. The molecule has 110 valence electrons. The molecule has 0 radical (unpaired) electrons. The lowest BCUT2D eigenvalue weighted by Gasteiger charge is -2.06. The van der Waals surface area contributed by atoms with Crippen LogP contribution in [0.15, 0.2) is 60.8 Å². The third kappa shape index (κ3) is 2.58. The molecule has 0 fully saturated rings. The first-order valence-electron chi connectivity index (χ1n) is 7.38. The highest BCUT2D eigenvalue weighted by molar-refractivity contribution is 5.96. The predicted molar refractivity (Wildman–Crippen MR) is 85.7 cm³/mol. The Balaban J connectivity index is 2.26. The number of fused-ring (bicyclic) bond motifs is 1. The van der Waals surface area contributed by atoms with Gasteiger partial charge in [0.1, 0.15) is 5.56 Å². The second-order valence-electron chi connectivity index (χ2n) is 5.18. The summed E-state index contributed by atoms with van der Waals surface area (Å²) in [6.07, 6.45) is 2.04. The molecule has 2 aromatic heterocycles. The Hall–Kier alpha value is -2.68. The highest BCUT2D eigenvalue weighted by atomic mass is 16.5. The van der Waals surface area contributed by atoms with Crippen LogP contribution in [-0.2, 0) is 4.74 Å². The van der Waals surface area contributed by atoms with E-state index in [4.69, 9.17) is 4.74 Å². The van der Waals surface area contributed by atoms with Crippen molar-refractivity contribution in [1.29, 1.82) is 0 Å². The van der Waals surface area contributed by atoms with E-state index in [1.807, 2.05) is 62.5 Å². The minimum absolute atomic E-state index is 0.288. The number of esters is 1. The number of nitrogens with zero attached hydrogens (tertiary/aromatic N) is 1. The average Bonchev–Trinajstić information content (AvgIpc) is 2.54. The summed E-state index contributed by atoms with van der Waals surface area (Å²) in [7, 11) is 0. The van der Waals surface area contributed by atoms with E-state index in [0.29, 0.717) is 12.2 Å². The van der Waals surface area contributed by atoms with Crippen molar-refractivity contribution < 1.29 is 13.9 Å². The fraction of sp³-hybridized carbons (Fsp3) is 0.158. The highest BCUT2D eigenvalue weighted by Gasteiger charge is 2.21. The van der Waals surface area contributed by atoms with Gasteiger partial charge in [-0.15, -0.1) is 0 Å². The smallest absolute Gasteiger partial charge is 0.344 e. The normalized spacial score (nSPS) is 10.6. The standard InChI is InChI=1S/C19H18NO2/c1-3-22-19(21)16-10-12-17(15-7-5-4-6-8-15)20-13-14(2)9-11-18(16)20/h4-13H,3H2,1-2H3/q+1. The van der Waals surface area contributed by atoms with E-state index in [0.717, 1.165) is 22.3 Å². The van der Waals surface area contributed by atoms with Crippen LogP contribution in [0.4, 0.5) is 0 Å². The van der Waals surface area contributed by atoms with Crippen molar-refractivity contribution in [1.82, 2.24) is 0 Å². The van der Waals surface area contributed by atoms with Gasteiger partial charge in [-0.1, -0.05) is 18.2 Å². The van der Waals surface area contributed by atoms with Gasteiger partial charge in [0.2, 0.25) is 11.2 Å². The molecule has 0 aliphatic carbocycles. The van der Waals surface area contributed by atoms with Gasteiger partial charge in [-0.3, -0.25) is 0 Å². The van der Waals surface area contributed by atoms with E-state index >= 15 is 0 Å². The topological polar surface area (TPSA) is 30.4 Å². The van der Waals surface area contributed by atoms with E-state index in [2.05, 4.69) is 16.5 Å². The molecule has 3 aromatic rings. The van der Waals surface area contributed by atoms with Gasteiger partial charge in [0.05, 0.1) is 6.61 Å². The number of carbonyl (C=O) groups is 1. The summed E-state index contributed by atoms with van der Waals surface area (Å²) < 4.78 is 7.21. The molecule has 0 bridgehead atoms. The first-order valence-corrected chi connectivity index (χ1v) is 7.38. The van der Waals surface area contributed by atoms with E-state index < -0.39 is 0 Å². The van der Waals surface area contributed by atoms with Gasteiger partial charge in [-0.2, -0.15) is 4.40 Å². The molecule has 2 heterocycles. The van der Waals surface area contributed by atoms with Gasteiger partial charge in [-0.25, -0.2) is 4.79 Å². The van der Waals surface area contributed by atoms with Crippen molar-refractivity contribution in [2.24, 2.45) is 0 Å². The molecular formula is C19H18NO2+. The SMILES string of the molecule is CCOC(=O)c1ccc(-c2ccccc2)[n+]2cc(C)ccc12. The lowest BCUT2D eigenvalue weighted by atomic mass is 10.1. The number of benzene rings is 1. The fourth-order valence-electron chi connectivity index (χ4n) is 2.58. The Kier molecular flexibility index (Phi) is 3.88. The summed E-state index contributed by atoms with van der Waals surface area (Å²) in [5, 5.41) is 0. The van der Waals surface area contributed by atoms with E-state index in [1.165, 1.54) is 0 Å². The summed E-state index contributed by atoms with van der Waals surface area (Å²) in [6, 6.07) is 17.9. The predicted octanol–water partition coefficient (Wildman–Crippen LogP) is 3.58. The molecule has 0 atom stereocenters. The van der Waals surface area contributed by atoms with Crippen LogP contribution >= 0.6 is 0 Å². The zero-order valence-corrected chi connectivity index (χ0v) is 12.7. The third-order valence-corrected chi connectivity index (χ3v) is 3.60. The molecule has 3 heteroatoms. The summed E-state index contributed by atoms with van der Waals surface area (Å²) in [5.74, 6) is -0.288. The summed E-state index contributed by atoms with van der Waals surface area (Å²) >= 11 is 0. The van der Waals surface area contributed by atoms with Crippen LogP contribution < -0.4 is 4.40 Å². The lowest BCUT2D eigenvalue weighted by molar-refractivity contribution is -0.500. The van der Waals surface area contributed by atoms with Gasteiger partial charge in [0.25, 0.3) is 0 Å². The van der Waals surface area contributed by atoms with Crippen molar-refractivity contribution in [3.8, 4) is 11.3 Å². The van der Waals surface area contributed by atoms with Gasteiger partial charge >= 0.3 is 5.97 Å². The number of carbonyl (C=O) groups excluding carboxylic acids is 1. The van der Waals surface area contributed by atoms with Crippen LogP contribution in [0.3, 0.4) is 0 Å². The van der Waals surface area contributed by atoms with Crippen LogP contribution in [0.25, 0.3) is 16.8 Å². The molecule has 0 spiro atoms. The zero-order chi connectivity index (χ0) is 15.5. The van der Waals surface area contributed by atoms with E-state index in [9.17, 15) is 4.79 Å². The molecule has 0 aliphatic heterocycles. The van der Waals surface area contributed by atoms with E-state index in [-0.39, 0.29) is 5.97 Å². The van der Waals surface area contributed by atoms with Crippen LogP contribution in [0.1, 0.15) is 22.8 Å². The molecule has 0 aliphatic rings.